The van der Waals surface area contributed by atoms with Crippen molar-refractivity contribution in [1.29, 1.82) is 0 Å². The number of benzene rings is 1. The van der Waals surface area contributed by atoms with E-state index in [-0.39, 0.29) is 17.1 Å². The fourth-order valence-corrected chi connectivity index (χ4v) is 3.42. The van der Waals surface area contributed by atoms with Gasteiger partial charge in [-0.2, -0.15) is 0 Å². The molecule has 0 radical (unpaired) electrons. The van der Waals surface area contributed by atoms with Crippen LogP contribution in [0.4, 0.5) is 8.78 Å². The van der Waals surface area contributed by atoms with Crippen LogP contribution in [0.3, 0.4) is 0 Å². The van der Waals surface area contributed by atoms with Gasteiger partial charge >= 0.3 is 0 Å². The number of hydrogen-bond acceptors (Lipinski definition) is 3. The molecule has 0 amide bonds. The average molecular weight is 263 g/mol. The summed E-state index contributed by atoms with van der Waals surface area (Å²) >= 11 is 0. The van der Waals surface area contributed by atoms with Crippen LogP contribution < -0.4 is 5.73 Å². The van der Waals surface area contributed by atoms with Gasteiger partial charge in [-0.3, -0.25) is 0 Å². The maximum absolute atomic E-state index is 12.9. The van der Waals surface area contributed by atoms with Gasteiger partial charge in [-0.05, 0) is 31.5 Å². The Hall–Kier alpha value is -1.01. The van der Waals surface area contributed by atoms with E-state index in [1.807, 2.05) is 0 Å². The van der Waals surface area contributed by atoms with Crippen molar-refractivity contribution in [2.45, 2.75) is 25.1 Å². The maximum atomic E-state index is 12.9. The second-order valence-corrected chi connectivity index (χ2v) is 6.83. The van der Waals surface area contributed by atoms with Gasteiger partial charge in [-0.1, -0.05) is 6.07 Å². The van der Waals surface area contributed by atoms with Crippen LogP contribution in [0.15, 0.2) is 18.2 Å². The van der Waals surface area contributed by atoms with Crippen molar-refractivity contribution in [3.63, 3.8) is 0 Å². The molecule has 0 spiro atoms. The van der Waals surface area contributed by atoms with Crippen molar-refractivity contribution >= 4 is 9.84 Å². The molecule has 3 nitrogen and oxygen atoms in total. The molecule has 1 aromatic rings. The van der Waals surface area contributed by atoms with Crippen molar-refractivity contribution in [2.75, 3.05) is 5.75 Å². The van der Waals surface area contributed by atoms with Crippen molar-refractivity contribution in [3.05, 3.63) is 35.4 Å². The highest BCUT2D eigenvalue weighted by Gasteiger charge is 2.22. The van der Waals surface area contributed by atoms with Gasteiger partial charge in [-0.15, -0.1) is 0 Å². The summed E-state index contributed by atoms with van der Waals surface area (Å²) < 4.78 is 49.0. The molecule has 1 aromatic carbocycles. The fourth-order valence-electron chi connectivity index (χ4n) is 1.50. The number of nitrogens with two attached hydrogens (primary N) is 1. The molecule has 0 aliphatic heterocycles. The van der Waals surface area contributed by atoms with Crippen LogP contribution in [0, 0.1) is 11.6 Å². The Morgan fingerprint density at radius 3 is 2.29 bits per heavy atom. The predicted molar refractivity (Wildman–Crippen MR) is 62.1 cm³/mol. The van der Waals surface area contributed by atoms with Gasteiger partial charge in [0.15, 0.2) is 21.5 Å². The molecule has 0 heterocycles. The zero-order chi connectivity index (χ0) is 13.3. The van der Waals surface area contributed by atoms with Gasteiger partial charge < -0.3 is 5.73 Å². The highest BCUT2D eigenvalue weighted by atomic mass is 32.2. The van der Waals surface area contributed by atoms with Crippen molar-refractivity contribution in [3.8, 4) is 0 Å². The molecule has 96 valence electrons. The Kier molecular flexibility index (Phi) is 3.88. The molecule has 17 heavy (non-hydrogen) atoms. The van der Waals surface area contributed by atoms with E-state index in [2.05, 4.69) is 0 Å². The normalized spacial score (nSPS) is 12.8. The van der Waals surface area contributed by atoms with Gasteiger partial charge in [0.2, 0.25) is 0 Å². The lowest BCUT2D eigenvalue weighted by atomic mass is 10.1. The van der Waals surface area contributed by atoms with E-state index in [0.29, 0.717) is 0 Å². The summed E-state index contributed by atoms with van der Waals surface area (Å²) in [5.74, 6) is -2.60. The second-order valence-electron chi connectivity index (χ2n) is 4.77. The minimum Gasteiger partial charge on any atom is -0.325 e. The number of hydrogen-bond donors (Lipinski definition) is 1. The lowest BCUT2D eigenvalue weighted by Crippen LogP contribution is -2.40. The first-order chi connectivity index (χ1) is 7.59. The van der Waals surface area contributed by atoms with Gasteiger partial charge in [0.25, 0.3) is 0 Å². The maximum Gasteiger partial charge on any atom is 0.159 e. The topological polar surface area (TPSA) is 60.2 Å². The largest absolute Gasteiger partial charge is 0.325 e. The quantitative estimate of drug-likeness (QED) is 0.898. The van der Waals surface area contributed by atoms with E-state index in [9.17, 15) is 17.2 Å². The summed E-state index contributed by atoms with van der Waals surface area (Å²) in [6.45, 7) is 3.19. The molecule has 2 N–H and O–H groups in total. The highest BCUT2D eigenvalue weighted by Crippen LogP contribution is 2.14. The van der Waals surface area contributed by atoms with E-state index in [1.54, 1.807) is 13.8 Å². The second kappa shape index (κ2) is 4.70. The summed E-state index contributed by atoms with van der Waals surface area (Å²) in [4.78, 5) is 0. The number of rotatable bonds is 4. The molecule has 0 aliphatic rings. The van der Waals surface area contributed by atoms with Gasteiger partial charge in [0.1, 0.15) is 0 Å². The zero-order valence-electron chi connectivity index (χ0n) is 9.70. The lowest BCUT2D eigenvalue weighted by molar-refractivity contribution is 0.507. The Labute approximate surface area is 99.6 Å². The first kappa shape index (κ1) is 14.1. The first-order valence-corrected chi connectivity index (χ1v) is 6.84. The third-order valence-electron chi connectivity index (χ3n) is 1.96. The molecule has 0 atom stereocenters. The molecule has 0 fully saturated rings. The standard InChI is InChI=1S/C11H15F2NO2S/c1-11(2,14)7-17(15,16)6-8-3-4-9(12)10(13)5-8/h3-5H,6-7,14H2,1-2H3. The summed E-state index contributed by atoms with van der Waals surface area (Å²) in [6.07, 6.45) is 0. The van der Waals surface area contributed by atoms with Crippen LogP contribution >= 0.6 is 0 Å². The molecular formula is C11H15F2NO2S. The summed E-state index contributed by atoms with van der Waals surface area (Å²) in [7, 11) is -3.44. The van der Waals surface area contributed by atoms with Crippen LogP contribution in [0.2, 0.25) is 0 Å². The SMILES string of the molecule is CC(C)(N)CS(=O)(=O)Cc1ccc(F)c(F)c1. The van der Waals surface area contributed by atoms with E-state index >= 15 is 0 Å². The third-order valence-corrected chi connectivity index (χ3v) is 3.92. The Morgan fingerprint density at radius 2 is 1.82 bits per heavy atom. The molecule has 0 saturated heterocycles. The smallest absolute Gasteiger partial charge is 0.159 e. The first-order valence-electron chi connectivity index (χ1n) is 5.02. The molecule has 0 unspecified atom stereocenters. The summed E-state index contributed by atoms with van der Waals surface area (Å²) in [5.41, 5.74) is 4.98. The lowest BCUT2D eigenvalue weighted by Gasteiger charge is -2.18. The summed E-state index contributed by atoms with van der Waals surface area (Å²) in [6, 6.07) is 3.05. The van der Waals surface area contributed by atoms with Crippen LogP contribution in [0.25, 0.3) is 0 Å². The third kappa shape index (κ3) is 4.79. The predicted octanol–water partition coefficient (Wildman–Crippen LogP) is 1.62. The van der Waals surface area contributed by atoms with E-state index < -0.39 is 27.0 Å². The van der Waals surface area contributed by atoms with Crippen LogP contribution in [0.1, 0.15) is 19.4 Å². The Bertz CT molecular complexity index is 507. The van der Waals surface area contributed by atoms with Crippen LogP contribution in [-0.2, 0) is 15.6 Å². The van der Waals surface area contributed by atoms with E-state index in [0.717, 1.165) is 12.1 Å². The molecule has 0 aliphatic carbocycles. The minimum absolute atomic E-state index is 0.209. The van der Waals surface area contributed by atoms with Crippen LogP contribution in [-0.4, -0.2) is 19.7 Å². The molecule has 1 rings (SSSR count). The van der Waals surface area contributed by atoms with Gasteiger partial charge in [-0.25, -0.2) is 17.2 Å². The zero-order valence-corrected chi connectivity index (χ0v) is 10.5. The van der Waals surface area contributed by atoms with Crippen molar-refractivity contribution in [1.82, 2.24) is 0 Å². The fraction of sp³-hybridized carbons (Fsp3) is 0.455. The molecular weight excluding hydrogens is 248 g/mol. The minimum atomic E-state index is -3.44. The number of sulfone groups is 1. The van der Waals surface area contributed by atoms with Gasteiger partial charge in [0.05, 0.1) is 11.5 Å². The van der Waals surface area contributed by atoms with Gasteiger partial charge in [0, 0.05) is 5.54 Å². The Morgan fingerprint density at radius 1 is 1.24 bits per heavy atom. The highest BCUT2D eigenvalue weighted by molar-refractivity contribution is 7.90. The van der Waals surface area contributed by atoms with Crippen molar-refractivity contribution in [2.24, 2.45) is 5.73 Å². The Balaban J connectivity index is 2.87. The average Bonchev–Trinajstić information content (AvgIpc) is 2.06. The molecule has 0 aromatic heterocycles. The van der Waals surface area contributed by atoms with E-state index in [1.165, 1.54) is 6.07 Å². The molecule has 0 saturated carbocycles. The molecule has 0 bridgehead atoms. The monoisotopic (exact) mass is 263 g/mol. The van der Waals surface area contributed by atoms with Crippen LogP contribution in [0.5, 0.6) is 0 Å². The van der Waals surface area contributed by atoms with E-state index in [4.69, 9.17) is 5.73 Å². The summed E-state index contributed by atoms with van der Waals surface area (Å²) in [5, 5.41) is 0. The molecule has 6 heteroatoms. The number of halogens is 2. The van der Waals surface area contributed by atoms with Crippen molar-refractivity contribution < 1.29 is 17.2 Å².